The van der Waals surface area contributed by atoms with Gasteiger partial charge >= 0.3 is 0 Å². The molecule has 4 heteroatoms. The molecular weight excluding hydrogens is 268 g/mol. The van der Waals surface area contributed by atoms with Gasteiger partial charge < -0.3 is 10.1 Å². The van der Waals surface area contributed by atoms with E-state index in [1.54, 1.807) is 11.3 Å². The van der Waals surface area contributed by atoms with Crippen molar-refractivity contribution in [2.45, 2.75) is 32.7 Å². The first kappa shape index (κ1) is 13.6. The number of thiazole rings is 1. The number of ether oxygens (including phenoxy) is 1. The van der Waals surface area contributed by atoms with Crippen molar-refractivity contribution in [2.75, 3.05) is 13.2 Å². The number of fused-ring (bicyclic) bond motifs is 1. The maximum absolute atomic E-state index is 5.58. The average molecular weight is 288 g/mol. The number of aryl methyl sites for hydroxylation is 1. The molecule has 0 fully saturated rings. The zero-order valence-corrected chi connectivity index (χ0v) is 12.8. The van der Waals surface area contributed by atoms with Gasteiger partial charge in [-0.3, -0.25) is 0 Å². The monoisotopic (exact) mass is 288 g/mol. The molecule has 1 aliphatic heterocycles. The number of likely N-dealkylation sites (N-methyl/N-ethyl adjacent to an activating group) is 1. The van der Waals surface area contributed by atoms with Gasteiger partial charge in [0.2, 0.25) is 0 Å². The van der Waals surface area contributed by atoms with E-state index < -0.39 is 0 Å². The van der Waals surface area contributed by atoms with Crippen molar-refractivity contribution in [3.63, 3.8) is 0 Å². The normalized spacial score (nSPS) is 14.9. The summed E-state index contributed by atoms with van der Waals surface area (Å²) in [7, 11) is 0. The van der Waals surface area contributed by atoms with Crippen LogP contribution in [0.1, 0.15) is 34.8 Å². The van der Waals surface area contributed by atoms with Crippen LogP contribution in [0, 0.1) is 6.92 Å². The quantitative estimate of drug-likeness (QED) is 0.917. The summed E-state index contributed by atoms with van der Waals surface area (Å²) in [5.74, 6) is 1.05. The Hall–Kier alpha value is -1.39. The molecule has 1 atom stereocenters. The molecule has 0 saturated heterocycles. The summed E-state index contributed by atoms with van der Waals surface area (Å²) in [5, 5.41) is 6.87. The smallest absolute Gasteiger partial charge is 0.122 e. The highest BCUT2D eigenvalue weighted by Gasteiger charge is 2.17. The molecule has 1 aliphatic rings. The van der Waals surface area contributed by atoms with Crippen molar-refractivity contribution >= 4 is 11.3 Å². The third kappa shape index (κ3) is 2.86. The Morgan fingerprint density at radius 1 is 1.45 bits per heavy atom. The first-order valence-electron chi connectivity index (χ1n) is 7.16. The third-order valence-corrected chi connectivity index (χ3v) is 4.47. The molecular formula is C16H20N2OS. The molecule has 0 amide bonds. The molecule has 106 valence electrons. The molecule has 0 saturated carbocycles. The van der Waals surface area contributed by atoms with E-state index in [1.807, 2.05) is 0 Å². The number of hydrogen-bond acceptors (Lipinski definition) is 4. The van der Waals surface area contributed by atoms with Crippen molar-refractivity contribution in [1.82, 2.24) is 10.3 Å². The zero-order chi connectivity index (χ0) is 13.9. The van der Waals surface area contributed by atoms with Gasteiger partial charge in [0.25, 0.3) is 0 Å². The van der Waals surface area contributed by atoms with Crippen LogP contribution in [0.5, 0.6) is 5.75 Å². The fraction of sp³-hybridized carbons (Fsp3) is 0.438. The zero-order valence-electron chi connectivity index (χ0n) is 12.0. The molecule has 20 heavy (non-hydrogen) atoms. The van der Waals surface area contributed by atoms with Gasteiger partial charge in [-0.15, -0.1) is 11.3 Å². The van der Waals surface area contributed by atoms with Crippen molar-refractivity contribution in [2.24, 2.45) is 0 Å². The first-order chi connectivity index (χ1) is 9.76. The number of hydrogen-bond donors (Lipinski definition) is 1. The topological polar surface area (TPSA) is 34.2 Å². The lowest BCUT2D eigenvalue weighted by Crippen LogP contribution is -2.23. The Morgan fingerprint density at radius 3 is 3.10 bits per heavy atom. The van der Waals surface area contributed by atoms with Gasteiger partial charge in [-0.25, -0.2) is 4.98 Å². The van der Waals surface area contributed by atoms with E-state index in [-0.39, 0.29) is 0 Å². The standard InChI is InChI=1S/C16H20N2OS/c1-3-17-15(9-14-10-20-11(2)18-14)12-4-5-16-13(8-12)6-7-19-16/h4-5,8,10,15,17H,3,6-7,9H2,1-2H3. The maximum Gasteiger partial charge on any atom is 0.122 e. The highest BCUT2D eigenvalue weighted by Crippen LogP contribution is 2.29. The lowest BCUT2D eigenvalue weighted by molar-refractivity contribution is 0.356. The van der Waals surface area contributed by atoms with E-state index in [0.717, 1.165) is 36.8 Å². The van der Waals surface area contributed by atoms with E-state index in [1.165, 1.54) is 16.8 Å². The summed E-state index contributed by atoms with van der Waals surface area (Å²) in [6.07, 6.45) is 1.97. The second-order valence-electron chi connectivity index (χ2n) is 5.14. The largest absolute Gasteiger partial charge is 0.493 e. The summed E-state index contributed by atoms with van der Waals surface area (Å²) in [6.45, 7) is 5.98. The number of benzene rings is 1. The minimum atomic E-state index is 0.326. The molecule has 2 heterocycles. The van der Waals surface area contributed by atoms with Crippen LogP contribution in [0.15, 0.2) is 23.6 Å². The van der Waals surface area contributed by atoms with Crippen LogP contribution < -0.4 is 10.1 Å². The van der Waals surface area contributed by atoms with Gasteiger partial charge in [-0.05, 0) is 30.7 Å². The van der Waals surface area contributed by atoms with Crippen LogP contribution >= 0.6 is 11.3 Å². The summed E-state index contributed by atoms with van der Waals surface area (Å²) < 4.78 is 5.58. The van der Waals surface area contributed by atoms with Crippen molar-refractivity contribution < 1.29 is 4.74 Å². The van der Waals surface area contributed by atoms with Crippen molar-refractivity contribution in [3.8, 4) is 5.75 Å². The number of nitrogens with one attached hydrogen (secondary N) is 1. The maximum atomic E-state index is 5.58. The third-order valence-electron chi connectivity index (χ3n) is 3.65. The lowest BCUT2D eigenvalue weighted by atomic mass is 9.99. The Morgan fingerprint density at radius 2 is 2.35 bits per heavy atom. The molecule has 1 N–H and O–H groups in total. The summed E-state index contributed by atoms with van der Waals surface area (Å²) in [4.78, 5) is 4.58. The second kappa shape index (κ2) is 5.94. The summed E-state index contributed by atoms with van der Waals surface area (Å²) >= 11 is 1.72. The molecule has 2 aromatic rings. The van der Waals surface area contributed by atoms with Crippen molar-refractivity contribution in [1.29, 1.82) is 0 Å². The predicted molar refractivity (Wildman–Crippen MR) is 82.6 cm³/mol. The molecule has 1 aromatic heterocycles. The van der Waals surface area contributed by atoms with E-state index in [0.29, 0.717) is 6.04 Å². The van der Waals surface area contributed by atoms with Crippen LogP contribution in [0.25, 0.3) is 0 Å². The van der Waals surface area contributed by atoms with Gasteiger partial charge in [-0.1, -0.05) is 19.1 Å². The fourth-order valence-electron chi connectivity index (χ4n) is 2.69. The molecule has 3 nitrogen and oxygen atoms in total. The van der Waals surface area contributed by atoms with Crippen LogP contribution in [0.3, 0.4) is 0 Å². The highest BCUT2D eigenvalue weighted by molar-refractivity contribution is 7.09. The SMILES string of the molecule is CCNC(Cc1csc(C)n1)c1ccc2c(c1)CCO2. The number of rotatable bonds is 5. The fourth-order valence-corrected chi connectivity index (χ4v) is 3.31. The minimum absolute atomic E-state index is 0.326. The Kier molecular flexibility index (Phi) is 4.03. The molecule has 0 bridgehead atoms. The van der Waals surface area contributed by atoms with E-state index in [2.05, 4.69) is 47.7 Å². The Bertz CT molecular complexity index is 594. The van der Waals surface area contributed by atoms with Crippen LogP contribution in [-0.4, -0.2) is 18.1 Å². The van der Waals surface area contributed by atoms with Crippen LogP contribution in [0.4, 0.5) is 0 Å². The highest BCUT2D eigenvalue weighted by atomic mass is 32.1. The molecule has 0 spiro atoms. The minimum Gasteiger partial charge on any atom is -0.493 e. The Labute approximate surface area is 124 Å². The Balaban J connectivity index is 1.82. The number of aromatic nitrogens is 1. The van der Waals surface area contributed by atoms with Gasteiger partial charge in [-0.2, -0.15) is 0 Å². The van der Waals surface area contributed by atoms with Crippen LogP contribution in [0.2, 0.25) is 0 Å². The van der Waals surface area contributed by atoms with Gasteiger partial charge in [0.1, 0.15) is 5.75 Å². The predicted octanol–water partition coefficient (Wildman–Crippen LogP) is 3.28. The average Bonchev–Trinajstić information content (AvgIpc) is 3.06. The summed E-state index contributed by atoms with van der Waals surface area (Å²) in [5.41, 5.74) is 3.84. The second-order valence-corrected chi connectivity index (χ2v) is 6.20. The first-order valence-corrected chi connectivity index (χ1v) is 8.04. The van der Waals surface area contributed by atoms with E-state index >= 15 is 0 Å². The van der Waals surface area contributed by atoms with E-state index in [9.17, 15) is 0 Å². The van der Waals surface area contributed by atoms with E-state index in [4.69, 9.17) is 4.74 Å². The van der Waals surface area contributed by atoms with Crippen LogP contribution in [-0.2, 0) is 12.8 Å². The molecule has 1 unspecified atom stereocenters. The van der Waals surface area contributed by atoms with Crippen molar-refractivity contribution in [3.05, 3.63) is 45.4 Å². The summed E-state index contributed by atoms with van der Waals surface area (Å²) in [6, 6.07) is 6.90. The lowest BCUT2D eigenvalue weighted by Gasteiger charge is -2.18. The number of nitrogens with zero attached hydrogens (tertiary/aromatic N) is 1. The molecule has 0 radical (unpaired) electrons. The molecule has 3 rings (SSSR count). The molecule has 0 aliphatic carbocycles. The molecule has 1 aromatic carbocycles. The van der Waals surface area contributed by atoms with Gasteiger partial charge in [0, 0.05) is 24.3 Å². The van der Waals surface area contributed by atoms with Gasteiger partial charge in [0.15, 0.2) is 0 Å². The van der Waals surface area contributed by atoms with Gasteiger partial charge in [0.05, 0.1) is 17.3 Å².